The second kappa shape index (κ2) is 8.14. The number of fused-ring (bicyclic) bond motifs is 1. The Morgan fingerprint density at radius 3 is 2.38 bits per heavy atom. The van der Waals surface area contributed by atoms with Crippen molar-refractivity contribution in [1.29, 1.82) is 0 Å². The van der Waals surface area contributed by atoms with E-state index in [1.807, 2.05) is 13.1 Å². The molecule has 0 spiro atoms. The van der Waals surface area contributed by atoms with E-state index in [0.717, 1.165) is 48.1 Å². The molecule has 0 atom stereocenters. The van der Waals surface area contributed by atoms with Crippen molar-refractivity contribution < 1.29 is 17.9 Å². The molecule has 178 valence electrons. The largest absolute Gasteiger partial charge is 0.379 e. The molecular formula is C24H27N5O4S. The Morgan fingerprint density at radius 2 is 1.74 bits per heavy atom. The smallest absolute Gasteiger partial charge is 0.256 e. The van der Waals surface area contributed by atoms with Gasteiger partial charge in [0.15, 0.2) is 5.65 Å². The molecule has 10 heteroatoms. The average molecular weight is 482 g/mol. The summed E-state index contributed by atoms with van der Waals surface area (Å²) in [6, 6.07) is 8.27. The predicted octanol–water partition coefficient (Wildman–Crippen LogP) is 3.00. The lowest BCUT2D eigenvalue weighted by molar-refractivity contribution is 0.0730. The summed E-state index contributed by atoms with van der Waals surface area (Å²) in [7, 11) is -1.70. The monoisotopic (exact) mass is 481 g/mol. The first-order valence-electron chi connectivity index (χ1n) is 11.8. The molecular weight excluding hydrogens is 454 g/mol. The van der Waals surface area contributed by atoms with E-state index in [2.05, 4.69) is 5.32 Å². The van der Waals surface area contributed by atoms with Crippen LogP contribution in [-0.4, -0.2) is 59.7 Å². The second-order valence-corrected chi connectivity index (χ2v) is 11.3. The number of rotatable bonds is 6. The van der Waals surface area contributed by atoms with Crippen LogP contribution >= 0.6 is 0 Å². The third kappa shape index (κ3) is 3.89. The molecule has 0 bridgehead atoms. The highest BCUT2D eigenvalue weighted by molar-refractivity contribution is 7.89. The fourth-order valence-electron chi connectivity index (χ4n) is 4.55. The summed E-state index contributed by atoms with van der Waals surface area (Å²) < 4.78 is 34.2. The molecule has 34 heavy (non-hydrogen) atoms. The van der Waals surface area contributed by atoms with Crippen molar-refractivity contribution in [2.75, 3.05) is 31.6 Å². The SMILES string of the molecule is Cn1nc(C2CC2)c2c(C(=O)Nc3ccc(S(=O)(=O)N4CCOCC4)cc3)cc(C3CC3)nc21. The van der Waals surface area contributed by atoms with Crippen molar-refractivity contribution in [3.8, 4) is 0 Å². The quantitative estimate of drug-likeness (QED) is 0.580. The maximum Gasteiger partial charge on any atom is 0.256 e. The maximum absolute atomic E-state index is 13.4. The van der Waals surface area contributed by atoms with Crippen molar-refractivity contribution in [2.45, 2.75) is 42.4 Å². The minimum Gasteiger partial charge on any atom is -0.379 e. The number of benzene rings is 1. The molecule has 3 aliphatic rings. The fourth-order valence-corrected chi connectivity index (χ4v) is 5.96. The third-order valence-corrected chi connectivity index (χ3v) is 8.68. The number of anilines is 1. The third-order valence-electron chi connectivity index (χ3n) is 6.76. The molecule has 2 saturated carbocycles. The highest BCUT2D eigenvalue weighted by atomic mass is 32.2. The second-order valence-electron chi connectivity index (χ2n) is 9.35. The predicted molar refractivity (Wildman–Crippen MR) is 126 cm³/mol. The number of ether oxygens (including phenoxy) is 1. The van der Waals surface area contributed by atoms with Crippen molar-refractivity contribution >= 4 is 32.7 Å². The molecule has 0 radical (unpaired) electrons. The van der Waals surface area contributed by atoms with Crippen LogP contribution in [0.1, 0.15) is 59.3 Å². The van der Waals surface area contributed by atoms with Crippen molar-refractivity contribution in [3.63, 3.8) is 0 Å². The zero-order valence-electron chi connectivity index (χ0n) is 19.0. The van der Waals surface area contributed by atoms with Gasteiger partial charge in [0.05, 0.1) is 34.8 Å². The number of aromatic nitrogens is 3. The van der Waals surface area contributed by atoms with E-state index >= 15 is 0 Å². The van der Waals surface area contributed by atoms with Crippen LogP contribution in [-0.2, 0) is 21.8 Å². The number of nitrogens with one attached hydrogen (secondary N) is 1. The number of amides is 1. The Bertz CT molecular complexity index is 1370. The van der Waals surface area contributed by atoms with Gasteiger partial charge in [0.25, 0.3) is 5.91 Å². The highest BCUT2D eigenvalue weighted by Gasteiger charge is 2.34. The van der Waals surface area contributed by atoms with Crippen LogP contribution in [0.5, 0.6) is 0 Å². The van der Waals surface area contributed by atoms with Crippen molar-refractivity contribution in [2.24, 2.45) is 7.05 Å². The van der Waals surface area contributed by atoms with E-state index in [1.165, 1.54) is 16.4 Å². The zero-order valence-corrected chi connectivity index (χ0v) is 19.8. The summed E-state index contributed by atoms with van der Waals surface area (Å²) in [5.74, 6) is 0.557. The summed E-state index contributed by atoms with van der Waals surface area (Å²) in [5, 5.41) is 8.49. The normalized spacial score (nSPS) is 19.4. The molecule has 1 N–H and O–H groups in total. The van der Waals surface area contributed by atoms with Crippen LogP contribution in [0.2, 0.25) is 0 Å². The highest BCUT2D eigenvalue weighted by Crippen LogP contribution is 2.45. The van der Waals surface area contributed by atoms with Gasteiger partial charge in [0, 0.05) is 43.4 Å². The minimum absolute atomic E-state index is 0.206. The molecule has 3 aromatic rings. The van der Waals surface area contributed by atoms with Crippen molar-refractivity contribution in [3.05, 3.63) is 47.3 Å². The number of carbonyl (C=O) groups is 1. The van der Waals surface area contributed by atoms with E-state index in [4.69, 9.17) is 14.8 Å². The van der Waals surface area contributed by atoms with E-state index in [1.54, 1.807) is 16.8 Å². The fraction of sp³-hybridized carbons (Fsp3) is 0.458. The topological polar surface area (TPSA) is 106 Å². The number of hydrogen-bond acceptors (Lipinski definition) is 6. The Hall–Kier alpha value is -2.82. The molecule has 1 amide bonds. The van der Waals surface area contributed by atoms with Gasteiger partial charge in [-0.2, -0.15) is 9.40 Å². The average Bonchev–Trinajstić information content (AvgIpc) is 3.77. The lowest BCUT2D eigenvalue weighted by atomic mass is 10.0. The van der Waals surface area contributed by atoms with Gasteiger partial charge in [-0.1, -0.05) is 0 Å². The Labute approximate surface area is 198 Å². The molecule has 0 unspecified atom stereocenters. The Morgan fingerprint density at radius 1 is 1.06 bits per heavy atom. The zero-order chi connectivity index (χ0) is 23.4. The van der Waals surface area contributed by atoms with Gasteiger partial charge in [-0.25, -0.2) is 13.4 Å². The summed E-state index contributed by atoms with van der Waals surface area (Å²) in [4.78, 5) is 18.5. The van der Waals surface area contributed by atoms with E-state index < -0.39 is 10.0 Å². The summed E-state index contributed by atoms with van der Waals surface area (Å²) in [6.07, 6.45) is 4.34. The number of hydrogen-bond donors (Lipinski definition) is 1. The summed E-state index contributed by atoms with van der Waals surface area (Å²) in [5.41, 5.74) is 3.77. The van der Waals surface area contributed by atoms with Gasteiger partial charge >= 0.3 is 0 Å². The van der Waals surface area contributed by atoms with Gasteiger partial charge in [0.2, 0.25) is 10.0 Å². The number of nitrogens with zero attached hydrogens (tertiary/aromatic N) is 4. The molecule has 2 aromatic heterocycles. The van der Waals surface area contributed by atoms with Crippen LogP contribution in [0.4, 0.5) is 5.69 Å². The van der Waals surface area contributed by atoms with Crippen LogP contribution in [0, 0.1) is 0 Å². The standard InChI is InChI=1S/C24H27N5O4S/c1-28-23-21(22(27-28)16-4-5-16)19(14-20(26-23)15-2-3-15)24(30)25-17-6-8-18(9-7-17)34(31,32)29-10-12-33-13-11-29/h6-9,14-16H,2-5,10-13H2,1H3,(H,25,30). The molecule has 3 fully saturated rings. The van der Waals surface area contributed by atoms with Crippen molar-refractivity contribution in [1.82, 2.24) is 19.1 Å². The lowest BCUT2D eigenvalue weighted by Crippen LogP contribution is -2.40. The van der Waals surface area contributed by atoms with Gasteiger partial charge < -0.3 is 10.1 Å². The van der Waals surface area contributed by atoms with E-state index in [9.17, 15) is 13.2 Å². The number of pyridine rings is 1. The lowest BCUT2D eigenvalue weighted by Gasteiger charge is -2.26. The number of morpholine rings is 1. The first-order chi connectivity index (χ1) is 16.4. The Kier molecular flexibility index (Phi) is 5.20. The minimum atomic E-state index is -3.58. The molecule has 3 heterocycles. The first kappa shape index (κ1) is 21.7. The summed E-state index contributed by atoms with van der Waals surface area (Å²) in [6.45, 7) is 1.48. The molecule has 1 aliphatic heterocycles. The molecule has 6 rings (SSSR count). The number of aryl methyl sites for hydroxylation is 1. The maximum atomic E-state index is 13.4. The number of sulfonamides is 1. The van der Waals surface area contributed by atoms with Crippen LogP contribution in [0.25, 0.3) is 11.0 Å². The van der Waals surface area contributed by atoms with E-state index in [-0.39, 0.29) is 10.8 Å². The van der Waals surface area contributed by atoms with Gasteiger partial charge in [0.1, 0.15) is 0 Å². The van der Waals surface area contributed by atoms with E-state index in [0.29, 0.717) is 49.4 Å². The van der Waals surface area contributed by atoms with Gasteiger partial charge in [-0.15, -0.1) is 0 Å². The van der Waals surface area contributed by atoms with Crippen LogP contribution in [0.3, 0.4) is 0 Å². The number of carbonyl (C=O) groups excluding carboxylic acids is 1. The molecule has 1 aromatic carbocycles. The van der Waals surface area contributed by atoms with Crippen LogP contribution in [0.15, 0.2) is 35.2 Å². The Balaban J connectivity index is 1.30. The molecule has 9 nitrogen and oxygen atoms in total. The van der Waals surface area contributed by atoms with Gasteiger partial charge in [-0.05, 0) is 56.0 Å². The molecule has 2 aliphatic carbocycles. The molecule has 1 saturated heterocycles. The first-order valence-corrected chi connectivity index (χ1v) is 13.2. The van der Waals surface area contributed by atoms with Crippen LogP contribution < -0.4 is 5.32 Å². The summed E-state index contributed by atoms with van der Waals surface area (Å²) >= 11 is 0. The van der Waals surface area contributed by atoms with Gasteiger partial charge in [-0.3, -0.25) is 9.48 Å².